The molecular formula is C18H20O5. The average Bonchev–Trinajstić information content (AvgIpc) is 2.56. The molecular weight excluding hydrogens is 296 g/mol. The third kappa shape index (κ3) is 5.09. The van der Waals surface area contributed by atoms with Gasteiger partial charge in [-0.3, -0.25) is 4.79 Å². The summed E-state index contributed by atoms with van der Waals surface area (Å²) < 4.78 is 10.4. The number of para-hydroxylation sites is 1. The van der Waals surface area contributed by atoms with Gasteiger partial charge in [-0.25, -0.2) is 0 Å². The van der Waals surface area contributed by atoms with Crippen LogP contribution in [0.15, 0.2) is 54.6 Å². The van der Waals surface area contributed by atoms with E-state index in [4.69, 9.17) is 9.47 Å². The highest BCUT2D eigenvalue weighted by atomic mass is 16.5. The number of aliphatic hydroxyl groups is 2. The Balaban J connectivity index is 1.97. The fourth-order valence-corrected chi connectivity index (χ4v) is 2.08. The van der Waals surface area contributed by atoms with Crippen LogP contribution in [-0.2, 0) is 9.53 Å². The molecule has 23 heavy (non-hydrogen) atoms. The van der Waals surface area contributed by atoms with Crippen LogP contribution < -0.4 is 4.74 Å². The Hall–Kier alpha value is -2.37. The number of hydrogen-bond acceptors (Lipinski definition) is 5. The molecule has 2 aromatic rings. The van der Waals surface area contributed by atoms with Gasteiger partial charge in [0.05, 0.1) is 19.1 Å². The fourth-order valence-electron chi connectivity index (χ4n) is 2.08. The monoisotopic (exact) mass is 316 g/mol. The summed E-state index contributed by atoms with van der Waals surface area (Å²) in [5.41, 5.74) is 0.502. The standard InChI is InChI=1S/C18H20O5/c1-2-22-17(20)12-16(19)18(21)13-8-10-15(11-9-13)23-14-6-4-3-5-7-14/h3-11,16,18-19,21H,2,12H2,1H3. The zero-order valence-electron chi connectivity index (χ0n) is 12.9. The van der Waals surface area contributed by atoms with Crippen LogP contribution in [0.2, 0.25) is 0 Å². The Kier molecular flexibility index (Phi) is 6.14. The van der Waals surface area contributed by atoms with Gasteiger partial charge in [0.1, 0.15) is 17.6 Å². The lowest BCUT2D eigenvalue weighted by molar-refractivity contribution is -0.147. The summed E-state index contributed by atoms with van der Waals surface area (Å²) in [6, 6.07) is 16.0. The van der Waals surface area contributed by atoms with Crippen molar-refractivity contribution in [3.63, 3.8) is 0 Å². The first kappa shape index (κ1) is 17.0. The van der Waals surface area contributed by atoms with Gasteiger partial charge in [-0.2, -0.15) is 0 Å². The van der Waals surface area contributed by atoms with Gasteiger partial charge in [-0.1, -0.05) is 30.3 Å². The van der Waals surface area contributed by atoms with Crippen LogP contribution in [0.4, 0.5) is 0 Å². The van der Waals surface area contributed by atoms with Crippen molar-refractivity contribution in [2.45, 2.75) is 25.6 Å². The van der Waals surface area contributed by atoms with Gasteiger partial charge < -0.3 is 19.7 Å². The van der Waals surface area contributed by atoms with Crippen molar-refractivity contribution in [2.75, 3.05) is 6.61 Å². The summed E-state index contributed by atoms with van der Waals surface area (Å²) in [7, 11) is 0. The second-order valence-corrected chi connectivity index (χ2v) is 5.01. The highest BCUT2D eigenvalue weighted by molar-refractivity contribution is 5.70. The summed E-state index contributed by atoms with van der Waals surface area (Å²) in [6.07, 6.45) is -2.63. The Labute approximate surface area is 135 Å². The Morgan fingerprint density at radius 2 is 1.61 bits per heavy atom. The zero-order chi connectivity index (χ0) is 16.7. The van der Waals surface area contributed by atoms with Gasteiger partial charge in [-0.05, 0) is 36.8 Å². The van der Waals surface area contributed by atoms with Gasteiger partial charge in [0, 0.05) is 0 Å². The van der Waals surface area contributed by atoms with Crippen molar-refractivity contribution in [3.8, 4) is 11.5 Å². The van der Waals surface area contributed by atoms with E-state index in [2.05, 4.69) is 0 Å². The van der Waals surface area contributed by atoms with Gasteiger partial charge in [0.2, 0.25) is 0 Å². The molecule has 0 amide bonds. The van der Waals surface area contributed by atoms with E-state index in [1.807, 2.05) is 30.3 Å². The fraction of sp³-hybridized carbons (Fsp3) is 0.278. The normalized spacial score (nSPS) is 13.2. The third-order valence-electron chi connectivity index (χ3n) is 3.25. The molecule has 2 rings (SSSR count). The van der Waals surface area contributed by atoms with Crippen LogP contribution in [0.3, 0.4) is 0 Å². The minimum atomic E-state index is -1.21. The molecule has 5 heteroatoms. The number of hydrogen-bond donors (Lipinski definition) is 2. The van der Waals surface area contributed by atoms with E-state index in [-0.39, 0.29) is 13.0 Å². The number of benzene rings is 2. The maximum Gasteiger partial charge on any atom is 0.308 e. The number of rotatable bonds is 7. The Morgan fingerprint density at radius 1 is 1.00 bits per heavy atom. The zero-order valence-corrected chi connectivity index (χ0v) is 12.9. The number of ether oxygens (including phenoxy) is 2. The van der Waals surface area contributed by atoms with Crippen LogP contribution in [0.5, 0.6) is 11.5 Å². The highest BCUT2D eigenvalue weighted by Gasteiger charge is 2.22. The number of esters is 1. The molecule has 0 aliphatic carbocycles. The second kappa shape index (κ2) is 8.31. The van der Waals surface area contributed by atoms with Crippen molar-refractivity contribution >= 4 is 5.97 Å². The maximum absolute atomic E-state index is 11.3. The summed E-state index contributed by atoms with van der Waals surface area (Å²) in [4.78, 5) is 11.3. The van der Waals surface area contributed by atoms with E-state index >= 15 is 0 Å². The Morgan fingerprint density at radius 3 is 2.22 bits per heavy atom. The molecule has 5 nitrogen and oxygen atoms in total. The average molecular weight is 316 g/mol. The number of carbonyl (C=O) groups is 1. The Bertz CT molecular complexity index is 609. The SMILES string of the molecule is CCOC(=O)CC(O)C(O)c1ccc(Oc2ccccc2)cc1. The molecule has 2 N–H and O–H groups in total. The molecule has 2 atom stereocenters. The topological polar surface area (TPSA) is 76.0 Å². The summed E-state index contributed by atoms with van der Waals surface area (Å²) in [5.74, 6) is 0.790. The van der Waals surface area contributed by atoms with Gasteiger partial charge >= 0.3 is 5.97 Å². The van der Waals surface area contributed by atoms with E-state index in [0.29, 0.717) is 17.1 Å². The third-order valence-corrected chi connectivity index (χ3v) is 3.25. The van der Waals surface area contributed by atoms with Crippen LogP contribution in [-0.4, -0.2) is 28.9 Å². The van der Waals surface area contributed by atoms with Crippen molar-refractivity contribution in [1.82, 2.24) is 0 Å². The van der Waals surface area contributed by atoms with Crippen molar-refractivity contribution in [3.05, 3.63) is 60.2 Å². The molecule has 0 radical (unpaired) electrons. The smallest absolute Gasteiger partial charge is 0.308 e. The van der Waals surface area contributed by atoms with E-state index in [9.17, 15) is 15.0 Å². The first-order chi connectivity index (χ1) is 11.1. The molecule has 2 unspecified atom stereocenters. The lowest BCUT2D eigenvalue weighted by atomic mass is 10.0. The molecule has 0 aliphatic heterocycles. The second-order valence-electron chi connectivity index (χ2n) is 5.01. The molecule has 122 valence electrons. The molecule has 0 fully saturated rings. The van der Waals surface area contributed by atoms with Crippen molar-refractivity contribution in [2.24, 2.45) is 0 Å². The van der Waals surface area contributed by atoms with E-state index < -0.39 is 18.2 Å². The molecule has 2 aromatic carbocycles. The molecule has 0 saturated heterocycles. The predicted molar refractivity (Wildman–Crippen MR) is 85.2 cm³/mol. The highest BCUT2D eigenvalue weighted by Crippen LogP contribution is 2.25. The van der Waals surface area contributed by atoms with Crippen molar-refractivity contribution < 1.29 is 24.5 Å². The predicted octanol–water partition coefficient (Wildman–Crippen LogP) is 2.83. The molecule has 0 saturated carbocycles. The largest absolute Gasteiger partial charge is 0.466 e. The lowest BCUT2D eigenvalue weighted by Gasteiger charge is -2.17. The van der Waals surface area contributed by atoms with E-state index in [0.717, 1.165) is 0 Å². The molecule has 0 aliphatic rings. The van der Waals surface area contributed by atoms with Crippen molar-refractivity contribution in [1.29, 1.82) is 0 Å². The van der Waals surface area contributed by atoms with Crippen LogP contribution in [0, 0.1) is 0 Å². The number of carbonyl (C=O) groups excluding carboxylic acids is 1. The quantitative estimate of drug-likeness (QED) is 0.768. The van der Waals surface area contributed by atoms with Gasteiger partial charge in [-0.15, -0.1) is 0 Å². The molecule has 0 spiro atoms. The summed E-state index contributed by atoms with van der Waals surface area (Å²) in [5, 5.41) is 20.0. The van der Waals surface area contributed by atoms with Crippen LogP contribution in [0.25, 0.3) is 0 Å². The van der Waals surface area contributed by atoms with Crippen LogP contribution in [0.1, 0.15) is 25.0 Å². The first-order valence-electron chi connectivity index (χ1n) is 7.44. The minimum Gasteiger partial charge on any atom is -0.466 e. The lowest BCUT2D eigenvalue weighted by Crippen LogP contribution is -2.23. The molecule has 0 heterocycles. The summed E-state index contributed by atoms with van der Waals surface area (Å²) >= 11 is 0. The summed E-state index contributed by atoms with van der Waals surface area (Å²) in [6.45, 7) is 1.93. The number of aliphatic hydroxyl groups excluding tert-OH is 2. The minimum absolute atomic E-state index is 0.243. The molecule has 0 aromatic heterocycles. The van der Waals surface area contributed by atoms with Crippen LogP contribution >= 0.6 is 0 Å². The van der Waals surface area contributed by atoms with Gasteiger partial charge in [0.15, 0.2) is 0 Å². The molecule has 0 bridgehead atoms. The van der Waals surface area contributed by atoms with Gasteiger partial charge in [0.25, 0.3) is 0 Å². The maximum atomic E-state index is 11.3. The first-order valence-corrected chi connectivity index (χ1v) is 7.44. The van der Waals surface area contributed by atoms with E-state index in [1.54, 1.807) is 31.2 Å². The van der Waals surface area contributed by atoms with E-state index in [1.165, 1.54) is 0 Å².